The number of hydrogen-bond acceptors (Lipinski definition) is 4. The number of hydrogen-bond donors (Lipinski definition) is 1. The minimum absolute atomic E-state index is 0.154. The number of nitrogens with one attached hydrogen (secondary N) is 1. The van der Waals surface area contributed by atoms with Crippen LogP contribution in [0.3, 0.4) is 0 Å². The summed E-state index contributed by atoms with van der Waals surface area (Å²) in [5, 5.41) is 0. The molecule has 1 aliphatic heterocycles. The molecule has 1 unspecified atom stereocenters. The Balaban J connectivity index is 1.53. The van der Waals surface area contributed by atoms with E-state index < -0.39 is 21.9 Å². The lowest BCUT2D eigenvalue weighted by Crippen LogP contribution is -2.49. The first-order chi connectivity index (χ1) is 15.8. The molecule has 1 fully saturated rings. The molecule has 1 saturated heterocycles. The van der Waals surface area contributed by atoms with Crippen LogP contribution in [0.2, 0.25) is 0 Å². The molecular formula is C25H23FN2O4S. The molecule has 0 aromatic heterocycles. The Morgan fingerprint density at radius 1 is 0.909 bits per heavy atom. The third kappa shape index (κ3) is 5.18. The van der Waals surface area contributed by atoms with Crippen molar-refractivity contribution in [1.29, 1.82) is 0 Å². The first kappa shape index (κ1) is 22.8. The molecule has 1 heterocycles. The van der Waals surface area contributed by atoms with Gasteiger partial charge in [0.05, 0.1) is 10.5 Å². The summed E-state index contributed by atoms with van der Waals surface area (Å²) in [6.07, 6.45) is 1.14. The molecule has 0 radical (unpaired) electrons. The number of ketones is 1. The Morgan fingerprint density at radius 2 is 1.61 bits per heavy atom. The summed E-state index contributed by atoms with van der Waals surface area (Å²) < 4.78 is 41.4. The third-order valence-corrected chi connectivity index (χ3v) is 7.09. The number of amides is 1. The van der Waals surface area contributed by atoms with E-state index >= 15 is 0 Å². The second kappa shape index (κ2) is 9.64. The van der Waals surface area contributed by atoms with Gasteiger partial charge < -0.3 is 4.90 Å². The van der Waals surface area contributed by atoms with Gasteiger partial charge in [-0.3, -0.25) is 9.59 Å². The summed E-state index contributed by atoms with van der Waals surface area (Å²) >= 11 is 0. The van der Waals surface area contributed by atoms with Crippen molar-refractivity contribution >= 4 is 21.7 Å². The van der Waals surface area contributed by atoms with Crippen LogP contribution in [0.15, 0.2) is 83.8 Å². The number of carbonyl (C=O) groups excluding carboxylic acids is 2. The molecule has 3 aromatic carbocycles. The zero-order valence-corrected chi connectivity index (χ0v) is 18.6. The van der Waals surface area contributed by atoms with Gasteiger partial charge in [-0.2, -0.15) is 0 Å². The van der Waals surface area contributed by atoms with Gasteiger partial charge in [-0.1, -0.05) is 54.6 Å². The highest BCUT2D eigenvalue weighted by molar-refractivity contribution is 7.89. The number of carbonyl (C=O) groups is 2. The fourth-order valence-corrected chi connectivity index (χ4v) is 5.26. The first-order valence-electron chi connectivity index (χ1n) is 10.6. The van der Waals surface area contributed by atoms with Crippen LogP contribution < -0.4 is 4.72 Å². The van der Waals surface area contributed by atoms with Gasteiger partial charge in [0.25, 0.3) is 5.91 Å². The molecule has 3 aromatic rings. The van der Waals surface area contributed by atoms with Gasteiger partial charge in [-0.25, -0.2) is 17.5 Å². The third-order valence-electron chi connectivity index (χ3n) is 5.57. The number of halogens is 1. The van der Waals surface area contributed by atoms with Crippen LogP contribution in [0.25, 0.3) is 0 Å². The van der Waals surface area contributed by atoms with Gasteiger partial charge >= 0.3 is 0 Å². The number of nitrogens with zero attached hydrogens (tertiary/aromatic N) is 1. The number of likely N-dealkylation sites (tertiary alicyclic amines) is 1. The van der Waals surface area contributed by atoms with Crippen LogP contribution in [0.4, 0.5) is 4.39 Å². The monoisotopic (exact) mass is 466 g/mol. The Hall–Kier alpha value is -3.36. The highest BCUT2D eigenvalue weighted by Crippen LogP contribution is 2.21. The fraction of sp³-hybridized carbons (Fsp3) is 0.200. The summed E-state index contributed by atoms with van der Waals surface area (Å²) in [7, 11) is -3.94. The highest BCUT2D eigenvalue weighted by atomic mass is 32.2. The molecule has 4 rings (SSSR count). The van der Waals surface area contributed by atoms with E-state index in [0.717, 1.165) is 6.07 Å². The van der Waals surface area contributed by atoms with E-state index in [1.807, 2.05) is 6.07 Å². The Labute approximate surface area is 192 Å². The molecule has 8 heteroatoms. The van der Waals surface area contributed by atoms with Gasteiger partial charge in [0.15, 0.2) is 5.78 Å². The first-order valence-corrected chi connectivity index (χ1v) is 12.1. The molecule has 1 aliphatic rings. The van der Waals surface area contributed by atoms with Crippen molar-refractivity contribution in [2.75, 3.05) is 13.1 Å². The quantitative estimate of drug-likeness (QED) is 0.563. The largest absolute Gasteiger partial charge is 0.337 e. The summed E-state index contributed by atoms with van der Waals surface area (Å²) in [6.45, 7) is 0.603. The average molecular weight is 467 g/mol. The molecule has 1 amide bonds. The fourth-order valence-electron chi connectivity index (χ4n) is 3.96. The lowest BCUT2D eigenvalue weighted by Gasteiger charge is -2.33. The summed E-state index contributed by atoms with van der Waals surface area (Å²) in [5.41, 5.74) is 1.06. The highest BCUT2D eigenvalue weighted by Gasteiger charge is 2.30. The Kier molecular flexibility index (Phi) is 6.67. The van der Waals surface area contributed by atoms with Gasteiger partial charge in [-0.15, -0.1) is 0 Å². The zero-order chi connectivity index (χ0) is 23.4. The number of sulfonamides is 1. The maximum atomic E-state index is 13.5. The van der Waals surface area contributed by atoms with Crippen molar-refractivity contribution in [2.45, 2.75) is 23.8 Å². The number of rotatable bonds is 6. The smallest absolute Gasteiger partial charge is 0.254 e. The molecular weight excluding hydrogens is 443 g/mol. The van der Waals surface area contributed by atoms with Crippen molar-refractivity contribution in [3.8, 4) is 0 Å². The second-order valence-electron chi connectivity index (χ2n) is 7.91. The Morgan fingerprint density at radius 3 is 2.33 bits per heavy atom. The van der Waals surface area contributed by atoms with Gasteiger partial charge in [0.1, 0.15) is 5.82 Å². The van der Waals surface area contributed by atoms with Crippen molar-refractivity contribution in [3.63, 3.8) is 0 Å². The van der Waals surface area contributed by atoms with Crippen molar-refractivity contribution in [1.82, 2.24) is 9.62 Å². The number of benzene rings is 3. The van der Waals surface area contributed by atoms with E-state index in [-0.39, 0.29) is 28.7 Å². The van der Waals surface area contributed by atoms with Gasteiger partial charge in [0.2, 0.25) is 10.0 Å². The SMILES string of the molecule is O=C(c1ccccc1)c1ccccc1C(=O)N1CCCC(NS(=O)(=O)c2cccc(F)c2)C1. The van der Waals surface area contributed by atoms with Crippen LogP contribution >= 0.6 is 0 Å². The maximum absolute atomic E-state index is 13.5. The minimum Gasteiger partial charge on any atom is -0.337 e. The lowest BCUT2D eigenvalue weighted by atomic mass is 9.96. The molecule has 170 valence electrons. The molecule has 0 spiro atoms. The molecule has 1 atom stereocenters. The van der Waals surface area contributed by atoms with Crippen LogP contribution in [0, 0.1) is 5.82 Å². The lowest BCUT2D eigenvalue weighted by molar-refractivity contribution is 0.0699. The van der Waals surface area contributed by atoms with Crippen molar-refractivity contribution in [3.05, 3.63) is 101 Å². The standard InChI is InChI=1S/C25H23FN2O4S/c26-19-10-6-12-21(16-19)33(31,32)27-20-11-7-15-28(17-20)25(30)23-14-5-4-13-22(23)24(29)18-8-2-1-3-9-18/h1-6,8-10,12-14,16,20,27H,7,11,15,17H2. The van der Waals surface area contributed by atoms with Crippen LogP contribution in [0.5, 0.6) is 0 Å². The molecule has 0 aliphatic carbocycles. The van der Waals surface area contributed by atoms with Crippen molar-refractivity contribution < 1.29 is 22.4 Å². The number of piperidine rings is 1. The van der Waals surface area contributed by atoms with Gasteiger partial charge in [-0.05, 0) is 37.1 Å². The molecule has 1 N–H and O–H groups in total. The second-order valence-corrected chi connectivity index (χ2v) is 9.62. The van der Waals surface area contributed by atoms with Gasteiger partial charge in [0, 0.05) is 30.3 Å². The topological polar surface area (TPSA) is 83.6 Å². The van der Waals surface area contributed by atoms with Crippen LogP contribution in [-0.2, 0) is 10.0 Å². The Bertz CT molecular complexity index is 1280. The van der Waals surface area contributed by atoms with E-state index in [2.05, 4.69) is 4.72 Å². The molecule has 33 heavy (non-hydrogen) atoms. The normalized spacial score (nSPS) is 16.4. The van der Waals surface area contributed by atoms with E-state index in [1.54, 1.807) is 53.4 Å². The molecule has 6 nitrogen and oxygen atoms in total. The van der Waals surface area contributed by atoms with E-state index in [4.69, 9.17) is 0 Å². The minimum atomic E-state index is -3.94. The zero-order valence-electron chi connectivity index (χ0n) is 17.8. The summed E-state index contributed by atoms with van der Waals surface area (Å²) in [5.74, 6) is -1.22. The predicted molar refractivity (Wildman–Crippen MR) is 122 cm³/mol. The average Bonchev–Trinajstić information content (AvgIpc) is 2.83. The van der Waals surface area contributed by atoms with E-state index in [9.17, 15) is 22.4 Å². The predicted octanol–water partition coefficient (Wildman–Crippen LogP) is 3.64. The summed E-state index contributed by atoms with van der Waals surface area (Å²) in [6, 6.07) is 19.6. The summed E-state index contributed by atoms with van der Waals surface area (Å²) in [4.78, 5) is 27.7. The molecule has 0 bridgehead atoms. The van der Waals surface area contributed by atoms with Crippen LogP contribution in [0.1, 0.15) is 39.1 Å². The van der Waals surface area contributed by atoms with E-state index in [0.29, 0.717) is 30.5 Å². The van der Waals surface area contributed by atoms with Crippen molar-refractivity contribution in [2.24, 2.45) is 0 Å². The molecule has 0 saturated carbocycles. The van der Waals surface area contributed by atoms with E-state index in [1.165, 1.54) is 18.2 Å². The maximum Gasteiger partial charge on any atom is 0.254 e. The van der Waals surface area contributed by atoms with Crippen LogP contribution in [-0.4, -0.2) is 44.1 Å².